The van der Waals surface area contributed by atoms with Crippen molar-refractivity contribution in [1.29, 1.82) is 0 Å². The highest BCUT2D eigenvalue weighted by Crippen LogP contribution is 2.29. The van der Waals surface area contributed by atoms with Gasteiger partial charge in [0.2, 0.25) is 0 Å². The number of benzene rings is 2. The van der Waals surface area contributed by atoms with E-state index in [-0.39, 0.29) is 5.91 Å². The first-order chi connectivity index (χ1) is 12.7. The molecule has 5 heteroatoms. The fourth-order valence-corrected chi connectivity index (χ4v) is 2.69. The highest BCUT2D eigenvalue weighted by Gasteiger charge is 2.16. The molecule has 134 valence electrons. The summed E-state index contributed by atoms with van der Waals surface area (Å²) in [5.41, 5.74) is 1.59. The van der Waals surface area contributed by atoms with E-state index in [4.69, 9.17) is 9.47 Å². The molecule has 1 N–H and O–H groups in total. The van der Waals surface area contributed by atoms with E-state index in [0.29, 0.717) is 24.5 Å². The third kappa shape index (κ3) is 4.18. The number of anilines is 1. The molecule has 1 amide bonds. The topological polar surface area (TPSA) is 60.5 Å². The average molecular weight is 350 g/mol. The highest BCUT2D eigenvalue weighted by atomic mass is 16.5. The molecule has 0 fully saturated rings. The van der Waals surface area contributed by atoms with Crippen molar-refractivity contribution in [2.45, 2.75) is 26.4 Å². The molecule has 0 aliphatic heterocycles. The molecule has 0 aliphatic rings. The predicted octanol–water partition coefficient (Wildman–Crippen LogP) is 4.78. The number of amides is 1. The van der Waals surface area contributed by atoms with Crippen LogP contribution in [-0.4, -0.2) is 23.6 Å². The predicted molar refractivity (Wildman–Crippen MR) is 103 cm³/mol. The summed E-state index contributed by atoms with van der Waals surface area (Å²) in [4.78, 5) is 16.5. The van der Waals surface area contributed by atoms with Crippen LogP contribution >= 0.6 is 0 Å². The number of pyridine rings is 1. The standard InChI is InChI=1S/C21H22N2O3/c1-3-19(25-4-2)21(24)23-15-9-11-16(12-10-15)26-20-13-14-22-18-8-6-5-7-17(18)20/h5-14,19H,3-4H2,1-2H3,(H,23,24). The second kappa shape index (κ2) is 8.45. The van der Waals surface area contributed by atoms with Crippen molar-refractivity contribution >= 4 is 22.5 Å². The summed E-state index contributed by atoms with van der Waals surface area (Å²) in [6.07, 6.45) is 1.93. The van der Waals surface area contributed by atoms with Crippen molar-refractivity contribution in [3.63, 3.8) is 0 Å². The molecule has 0 aliphatic carbocycles. The minimum atomic E-state index is -0.431. The lowest BCUT2D eigenvalue weighted by Gasteiger charge is -2.15. The van der Waals surface area contributed by atoms with E-state index in [0.717, 1.165) is 16.7 Å². The van der Waals surface area contributed by atoms with Gasteiger partial charge in [0.15, 0.2) is 0 Å². The third-order valence-electron chi connectivity index (χ3n) is 3.99. The number of hydrogen-bond acceptors (Lipinski definition) is 4. The monoisotopic (exact) mass is 350 g/mol. The van der Waals surface area contributed by atoms with Crippen LogP contribution in [0.2, 0.25) is 0 Å². The van der Waals surface area contributed by atoms with Gasteiger partial charge in [-0.2, -0.15) is 0 Å². The van der Waals surface area contributed by atoms with Crippen LogP contribution in [0.4, 0.5) is 5.69 Å². The largest absolute Gasteiger partial charge is 0.457 e. The smallest absolute Gasteiger partial charge is 0.253 e. The second-order valence-electron chi connectivity index (χ2n) is 5.79. The second-order valence-corrected chi connectivity index (χ2v) is 5.79. The molecule has 1 aromatic heterocycles. The number of carbonyl (C=O) groups excluding carboxylic acids is 1. The van der Waals surface area contributed by atoms with Gasteiger partial charge < -0.3 is 14.8 Å². The number of rotatable bonds is 7. The van der Waals surface area contributed by atoms with Crippen molar-refractivity contribution in [1.82, 2.24) is 4.98 Å². The Kier molecular flexibility index (Phi) is 5.81. The summed E-state index contributed by atoms with van der Waals surface area (Å²) in [5.74, 6) is 1.30. The molecule has 5 nitrogen and oxygen atoms in total. The van der Waals surface area contributed by atoms with Gasteiger partial charge in [0.05, 0.1) is 5.52 Å². The maximum Gasteiger partial charge on any atom is 0.253 e. The Hall–Kier alpha value is -2.92. The van der Waals surface area contributed by atoms with E-state index < -0.39 is 6.10 Å². The molecule has 2 aromatic carbocycles. The van der Waals surface area contributed by atoms with Crippen LogP contribution in [0.3, 0.4) is 0 Å². The van der Waals surface area contributed by atoms with E-state index in [1.807, 2.05) is 68.4 Å². The third-order valence-corrected chi connectivity index (χ3v) is 3.99. The Morgan fingerprint density at radius 2 is 1.85 bits per heavy atom. The Morgan fingerprint density at radius 1 is 1.08 bits per heavy atom. The van der Waals surface area contributed by atoms with Crippen LogP contribution in [0.15, 0.2) is 60.8 Å². The Morgan fingerprint density at radius 3 is 2.58 bits per heavy atom. The quantitative estimate of drug-likeness (QED) is 0.666. The van der Waals surface area contributed by atoms with Gasteiger partial charge in [0.25, 0.3) is 5.91 Å². The van der Waals surface area contributed by atoms with E-state index in [1.54, 1.807) is 6.20 Å². The molecule has 0 radical (unpaired) electrons. The molecule has 26 heavy (non-hydrogen) atoms. The van der Waals surface area contributed by atoms with Crippen molar-refractivity contribution in [3.05, 3.63) is 60.8 Å². The molecule has 0 spiro atoms. The number of hydrogen-bond donors (Lipinski definition) is 1. The van der Waals surface area contributed by atoms with Crippen LogP contribution in [0.25, 0.3) is 10.9 Å². The molecular weight excluding hydrogens is 328 g/mol. The fraction of sp³-hybridized carbons (Fsp3) is 0.238. The van der Waals surface area contributed by atoms with Crippen LogP contribution in [-0.2, 0) is 9.53 Å². The lowest BCUT2D eigenvalue weighted by molar-refractivity contribution is -0.127. The van der Waals surface area contributed by atoms with Crippen LogP contribution in [0.1, 0.15) is 20.3 Å². The van der Waals surface area contributed by atoms with E-state index >= 15 is 0 Å². The molecule has 3 rings (SSSR count). The van der Waals surface area contributed by atoms with Gasteiger partial charge in [-0.1, -0.05) is 19.1 Å². The van der Waals surface area contributed by atoms with Crippen molar-refractivity contribution in [2.75, 3.05) is 11.9 Å². The van der Waals surface area contributed by atoms with Crippen LogP contribution in [0.5, 0.6) is 11.5 Å². The Labute approximate surface area is 153 Å². The number of fused-ring (bicyclic) bond motifs is 1. The number of nitrogens with zero attached hydrogens (tertiary/aromatic N) is 1. The van der Waals surface area contributed by atoms with Crippen LogP contribution < -0.4 is 10.1 Å². The number of nitrogens with one attached hydrogen (secondary N) is 1. The Balaban J connectivity index is 1.70. The summed E-state index contributed by atoms with van der Waals surface area (Å²) in [7, 11) is 0. The SMILES string of the molecule is CCOC(CC)C(=O)Nc1ccc(Oc2ccnc3ccccc23)cc1. The maximum atomic E-state index is 12.2. The zero-order chi connectivity index (χ0) is 18.4. The van der Waals surface area contributed by atoms with Gasteiger partial charge in [0, 0.05) is 23.9 Å². The van der Waals surface area contributed by atoms with Gasteiger partial charge in [-0.3, -0.25) is 9.78 Å². The first-order valence-corrected chi connectivity index (χ1v) is 8.75. The molecule has 3 aromatic rings. The molecular formula is C21H22N2O3. The van der Waals surface area contributed by atoms with E-state index in [1.165, 1.54) is 0 Å². The fourth-order valence-electron chi connectivity index (χ4n) is 2.69. The van der Waals surface area contributed by atoms with Gasteiger partial charge in [0.1, 0.15) is 17.6 Å². The number of aromatic nitrogens is 1. The summed E-state index contributed by atoms with van der Waals surface area (Å²) in [5, 5.41) is 3.82. The van der Waals surface area contributed by atoms with Gasteiger partial charge in [-0.05, 0) is 55.8 Å². The number of carbonyl (C=O) groups is 1. The minimum absolute atomic E-state index is 0.136. The first kappa shape index (κ1) is 17.9. The highest BCUT2D eigenvalue weighted by molar-refractivity contribution is 5.94. The zero-order valence-electron chi connectivity index (χ0n) is 14.9. The molecule has 0 bridgehead atoms. The summed E-state index contributed by atoms with van der Waals surface area (Å²) < 4.78 is 11.4. The van der Waals surface area contributed by atoms with Gasteiger partial charge in [-0.15, -0.1) is 0 Å². The number of ether oxygens (including phenoxy) is 2. The van der Waals surface area contributed by atoms with Crippen molar-refractivity contribution in [2.24, 2.45) is 0 Å². The summed E-state index contributed by atoms with van der Waals surface area (Å²) in [6.45, 7) is 4.32. The van der Waals surface area contributed by atoms with Crippen molar-refractivity contribution < 1.29 is 14.3 Å². The normalized spacial score (nSPS) is 11.9. The van der Waals surface area contributed by atoms with E-state index in [9.17, 15) is 4.79 Å². The molecule has 0 saturated heterocycles. The molecule has 1 unspecified atom stereocenters. The van der Waals surface area contributed by atoms with Gasteiger partial charge >= 0.3 is 0 Å². The number of para-hydroxylation sites is 1. The zero-order valence-corrected chi connectivity index (χ0v) is 14.9. The molecule has 1 heterocycles. The first-order valence-electron chi connectivity index (χ1n) is 8.75. The van der Waals surface area contributed by atoms with Gasteiger partial charge in [-0.25, -0.2) is 0 Å². The Bertz CT molecular complexity index is 873. The summed E-state index contributed by atoms with van der Waals surface area (Å²) in [6, 6.07) is 16.9. The van der Waals surface area contributed by atoms with Crippen LogP contribution in [0, 0.1) is 0 Å². The maximum absolute atomic E-state index is 12.2. The lowest BCUT2D eigenvalue weighted by atomic mass is 10.2. The minimum Gasteiger partial charge on any atom is -0.457 e. The summed E-state index contributed by atoms with van der Waals surface area (Å²) >= 11 is 0. The average Bonchev–Trinajstić information content (AvgIpc) is 2.68. The lowest BCUT2D eigenvalue weighted by Crippen LogP contribution is -2.29. The van der Waals surface area contributed by atoms with E-state index in [2.05, 4.69) is 10.3 Å². The van der Waals surface area contributed by atoms with Crippen molar-refractivity contribution in [3.8, 4) is 11.5 Å². The molecule has 0 saturated carbocycles. The molecule has 1 atom stereocenters.